The molecule has 2 nitrogen and oxygen atoms in total. The first-order chi connectivity index (χ1) is 9.49. The Balaban J connectivity index is 2.49. The van der Waals surface area contributed by atoms with Gasteiger partial charge in [-0.25, -0.2) is 0 Å². The predicted molar refractivity (Wildman–Crippen MR) is 88.1 cm³/mol. The molecule has 3 unspecified atom stereocenters. The van der Waals surface area contributed by atoms with Crippen molar-refractivity contribution in [3.05, 3.63) is 0 Å². The SMILES string of the molecule is CCCNC1CCC(C(C)(C)C)CC1CCCOCC. The summed E-state index contributed by atoms with van der Waals surface area (Å²) in [5.41, 5.74) is 0.466. The van der Waals surface area contributed by atoms with Gasteiger partial charge in [0, 0.05) is 19.3 Å². The Morgan fingerprint density at radius 3 is 2.50 bits per heavy atom. The molecule has 1 rings (SSSR count). The molecule has 0 aromatic rings. The predicted octanol–water partition coefficient (Wildman–Crippen LogP) is 4.63. The van der Waals surface area contributed by atoms with Crippen LogP contribution in [0.2, 0.25) is 0 Å². The zero-order valence-corrected chi connectivity index (χ0v) is 14.5. The van der Waals surface area contributed by atoms with Gasteiger partial charge in [0.15, 0.2) is 0 Å². The van der Waals surface area contributed by atoms with Crippen molar-refractivity contribution in [3.63, 3.8) is 0 Å². The fourth-order valence-corrected chi connectivity index (χ4v) is 3.56. The molecule has 1 fully saturated rings. The van der Waals surface area contributed by atoms with Crippen molar-refractivity contribution in [2.75, 3.05) is 19.8 Å². The van der Waals surface area contributed by atoms with Crippen LogP contribution in [-0.4, -0.2) is 25.8 Å². The Hall–Kier alpha value is -0.0800. The molecule has 2 heteroatoms. The number of hydrogen-bond acceptors (Lipinski definition) is 2. The molecule has 0 aromatic heterocycles. The van der Waals surface area contributed by atoms with Gasteiger partial charge in [-0.15, -0.1) is 0 Å². The first-order valence-electron chi connectivity index (χ1n) is 8.80. The van der Waals surface area contributed by atoms with E-state index in [1.54, 1.807) is 0 Å². The van der Waals surface area contributed by atoms with E-state index in [-0.39, 0.29) is 0 Å². The van der Waals surface area contributed by atoms with Gasteiger partial charge in [0.1, 0.15) is 0 Å². The molecular formula is C18H37NO. The van der Waals surface area contributed by atoms with Crippen molar-refractivity contribution in [1.29, 1.82) is 0 Å². The van der Waals surface area contributed by atoms with Gasteiger partial charge < -0.3 is 10.1 Å². The van der Waals surface area contributed by atoms with Crippen LogP contribution >= 0.6 is 0 Å². The van der Waals surface area contributed by atoms with Gasteiger partial charge in [-0.2, -0.15) is 0 Å². The van der Waals surface area contributed by atoms with E-state index in [0.29, 0.717) is 5.41 Å². The van der Waals surface area contributed by atoms with E-state index in [0.717, 1.165) is 31.1 Å². The lowest BCUT2D eigenvalue weighted by Crippen LogP contribution is -2.43. The van der Waals surface area contributed by atoms with Gasteiger partial charge in [-0.1, -0.05) is 27.7 Å². The summed E-state index contributed by atoms with van der Waals surface area (Å²) >= 11 is 0. The van der Waals surface area contributed by atoms with Gasteiger partial charge in [-0.3, -0.25) is 0 Å². The highest BCUT2D eigenvalue weighted by atomic mass is 16.5. The molecule has 1 N–H and O–H groups in total. The normalized spacial score (nSPS) is 27.8. The molecule has 0 radical (unpaired) electrons. The second kappa shape index (κ2) is 9.04. The lowest BCUT2D eigenvalue weighted by Gasteiger charge is -2.42. The summed E-state index contributed by atoms with van der Waals surface area (Å²) < 4.78 is 5.51. The number of hydrogen-bond donors (Lipinski definition) is 1. The minimum Gasteiger partial charge on any atom is -0.382 e. The van der Waals surface area contributed by atoms with Crippen LogP contribution in [0.5, 0.6) is 0 Å². The van der Waals surface area contributed by atoms with Crippen LogP contribution in [0.1, 0.15) is 73.1 Å². The molecule has 1 aliphatic carbocycles. The number of ether oxygens (including phenoxy) is 1. The maximum Gasteiger partial charge on any atom is 0.0466 e. The van der Waals surface area contributed by atoms with Crippen molar-refractivity contribution in [1.82, 2.24) is 5.32 Å². The molecule has 0 saturated heterocycles. The summed E-state index contributed by atoms with van der Waals surface area (Å²) in [6, 6.07) is 0.746. The molecule has 1 aliphatic rings. The van der Waals surface area contributed by atoms with Crippen LogP contribution in [0.3, 0.4) is 0 Å². The van der Waals surface area contributed by atoms with Crippen molar-refractivity contribution in [2.45, 2.75) is 79.2 Å². The molecule has 0 amide bonds. The Morgan fingerprint density at radius 2 is 1.90 bits per heavy atom. The highest BCUT2D eigenvalue weighted by molar-refractivity contribution is 4.88. The van der Waals surface area contributed by atoms with E-state index in [9.17, 15) is 0 Å². The Labute approximate surface area is 127 Å². The third kappa shape index (κ3) is 6.13. The van der Waals surface area contributed by atoms with Crippen molar-refractivity contribution in [2.24, 2.45) is 17.3 Å². The smallest absolute Gasteiger partial charge is 0.0466 e. The Kier molecular flexibility index (Phi) is 8.13. The van der Waals surface area contributed by atoms with Crippen molar-refractivity contribution >= 4 is 0 Å². The monoisotopic (exact) mass is 283 g/mol. The van der Waals surface area contributed by atoms with Gasteiger partial charge in [0.05, 0.1) is 0 Å². The maximum atomic E-state index is 5.51. The molecule has 0 spiro atoms. The van der Waals surface area contributed by atoms with Gasteiger partial charge in [-0.05, 0) is 69.2 Å². The third-order valence-electron chi connectivity index (χ3n) is 4.93. The Bertz CT molecular complexity index is 246. The first-order valence-corrected chi connectivity index (χ1v) is 8.80. The van der Waals surface area contributed by atoms with E-state index in [4.69, 9.17) is 4.74 Å². The van der Waals surface area contributed by atoms with Crippen LogP contribution in [0.4, 0.5) is 0 Å². The molecule has 20 heavy (non-hydrogen) atoms. The molecule has 120 valence electrons. The maximum absolute atomic E-state index is 5.51. The minimum absolute atomic E-state index is 0.466. The topological polar surface area (TPSA) is 21.3 Å². The summed E-state index contributed by atoms with van der Waals surface area (Å²) in [5, 5.41) is 3.79. The fourth-order valence-electron chi connectivity index (χ4n) is 3.56. The average molecular weight is 284 g/mol. The summed E-state index contributed by atoms with van der Waals surface area (Å²) in [5.74, 6) is 1.74. The largest absolute Gasteiger partial charge is 0.382 e. The second-order valence-electron chi connectivity index (χ2n) is 7.54. The van der Waals surface area contributed by atoms with E-state index in [1.165, 1.54) is 45.1 Å². The van der Waals surface area contributed by atoms with Crippen LogP contribution < -0.4 is 5.32 Å². The van der Waals surface area contributed by atoms with Gasteiger partial charge >= 0.3 is 0 Å². The molecule has 3 atom stereocenters. The highest BCUT2D eigenvalue weighted by Gasteiger charge is 2.35. The van der Waals surface area contributed by atoms with Crippen molar-refractivity contribution in [3.8, 4) is 0 Å². The number of rotatable bonds is 8. The first kappa shape index (κ1) is 18.0. The lowest BCUT2D eigenvalue weighted by molar-refractivity contribution is 0.0945. The van der Waals surface area contributed by atoms with Gasteiger partial charge in [0.2, 0.25) is 0 Å². The molecule has 0 bridgehead atoms. The average Bonchev–Trinajstić information content (AvgIpc) is 2.41. The minimum atomic E-state index is 0.466. The standard InChI is InChI=1S/C18H37NO/c1-6-12-19-17-11-10-16(18(3,4)5)14-15(17)9-8-13-20-7-2/h15-17,19H,6-14H2,1-5H3. The van der Waals surface area contributed by atoms with Crippen LogP contribution in [0.25, 0.3) is 0 Å². The molecule has 0 aromatic carbocycles. The zero-order chi connectivity index (χ0) is 15.0. The van der Waals surface area contributed by atoms with Gasteiger partial charge in [0.25, 0.3) is 0 Å². The van der Waals surface area contributed by atoms with E-state index < -0.39 is 0 Å². The lowest BCUT2D eigenvalue weighted by atomic mass is 9.66. The fraction of sp³-hybridized carbons (Fsp3) is 1.00. The molecule has 0 aliphatic heterocycles. The second-order valence-corrected chi connectivity index (χ2v) is 7.54. The van der Waals surface area contributed by atoms with Crippen LogP contribution in [-0.2, 0) is 4.74 Å². The van der Waals surface area contributed by atoms with E-state index in [2.05, 4.69) is 39.9 Å². The summed E-state index contributed by atoms with van der Waals surface area (Å²) in [4.78, 5) is 0. The van der Waals surface area contributed by atoms with Crippen LogP contribution in [0.15, 0.2) is 0 Å². The third-order valence-corrected chi connectivity index (χ3v) is 4.93. The van der Waals surface area contributed by atoms with Crippen molar-refractivity contribution < 1.29 is 4.74 Å². The summed E-state index contributed by atoms with van der Waals surface area (Å²) in [6.45, 7) is 14.5. The van der Waals surface area contributed by atoms with E-state index >= 15 is 0 Å². The van der Waals surface area contributed by atoms with E-state index in [1.807, 2.05) is 0 Å². The Morgan fingerprint density at radius 1 is 1.15 bits per heavy atom. The summed E-state index contributed by atoms with van der Waals surface area (Å²) in [7, 11) is 0. The summed E-state index contributed by atoms with van der Waals surface area (Å²) in [6.07, 6.45) is 7.95. The molecule has 1 saturated carbocycles. The molecular weight excluding hydrogens is 246 g/mol. The van der Waals surface area contributed by atoms with Crippen LogP contribution in [0, 0.1) is 17.3 Å². The zero-order valence-electron chi connectivity index (χ0n) is 14.5. The molecule has 0 heterocycles. The highest BCUT2D eigenvalue weighted by Crippen LogP contribution is 2.41. The quantitative estimate of drug-likeness (QED) is 0.656. The number of nitrogens with one attached hydrogen (secondary N) is 1.